The Balaban J connectivity index is 0.00000193. The molecule has 0 bridgehead atoms. The van der Waals surface area contributed by atoms with E-state index in [4.69, 9.17) is 13.8 Å². The second-order valence-corrected chi connectivity index (χ2v) is 10.7. The lowest BCUT2D eigenvalue weighted by molar-refractivity contribution is -0.118. The number of carbonyl (C=O) groups is 1. The van der Waals surface area contributed by atoms with Crippen molar-refractivity contribution in [1.29, 1.82) is 0 Å². The second kappa shape index (κ2) is 11.4. The molecule has 3 aliphatic heterocycles. The molecule has 33 heavy (non-hydrogen) atoms. The number of carbonyl (C=O) groups excluding carboxylic acids is 1. The number of rotatable bonds is 6. The lowest BCUT2D eigenvalue weighted by Crippen LogP contribution is -2.36. The van der Waals surface area contributed by atoms with E-state index in [2.05, 4.69) is 35.7 Å². The Labute approximate surface area is 210 Å². The normalized spacial score (nSPS) is 30.5. The predicted octanol–water partition coefficient (Wildman–Crippen LogP) is 3.65. The van der Waals surface area contributed by atoms with Crippen LogP contribution in [0.2, 0.25) is 0 Å². The van der Waals surface area contributed by atoms with Gasteiger partial charge in [0, 0.05) is 31.1 Å². The molecule has 5 atom stereocenters. The van der Waals surface area contributed by atoms with Crippen LogP contribution < -0.4 is 11.0 Å². The van der Waals surface area contributed by atoms with Crippen LogP contribution >= 0.6 is 35.5 Å². The van der Waals surface area contributed by atoms with Crippen molar-refractivity contribution in [2.75, 3.05) is 11.9 Å². The third kappa shape index (κ3) is 5.94. The molecule has 3 aliphatic rings. The Morgan fingerprint density at radius 2 is 2.12 bits per heavy atom. The first-order valence-electron chi connectivity index (χ1n) is 11.2. The average molecular weight is 521 g/mol. The summed E-state index contributed by atoms with van der Waals surface area (Å²) in [5, 5.41) is 2.66. The fourth-order valence-corrected chi connectivity index (χ4v) is 6.66. The van der Waals surface area contributed by atoms with Crippen LogP contribution in [0.5, 0.6) is 0 Å². The highest BCUT2D eigenvalue weighted by molar-refractivity contribution is 7.59. The summed E-state index contributed by atoms with van der Waals surface area (Å²) in [6.45, 7) is 10.9. The summed E-state index contributed by atoms with van der Waals surface area (Å²) in [4.78, 5) is 28.5. The standard InChI is InChI=1S/C21H33N4O5P.2H2S/c1-6-14-15(29-31-25-10-7-8-16(25)21(4,5)30-31)12-18(28-14)24-11-9-17(23-20(24)27)22-19(26)13(2)3;;/h9,11,13-16,18H,6-8,10,12H2,1-5H3,(H,22,23,26,27);2*1H2/t14-,15?,16+,18-,31+;;/m1../s1. The number of hydrogen-bond donors (Lipinski definition) is 1. The van der Waals surface area contributed by atoms with E-state index in [0.29, 0.717) is 12.5 Å². The predicted molar refractivity (Wildman–Crippen MR) is 138 cm³/mol. The zero-order valence-corrected chi connectivity index (χ0v) is 22.8. The van der Waals surface area contributed by atoms with E-state index in [1.807, 2.05) is 0 Å². The third-order valence-corrected chi connectivity index (χ3v) is 8.25. The van der Waals surface area contributed by atoms with Crippen LogP contribution in [-0.2, 0) is 18.6 Å². The highest BCUT2D eigenvalue weighted by Crippen LogP contribution is 2.61. The molecule has 9 nitrogen and oxygen atoms in total. The van der Waals surface area contributed by atoms with Gasteiger partial charge in [0.15, 0.2) is 0 Å². The highest BCUT2D eigenvalue weighted by atomic mass is 32.1. The van der Waals surface area contributed by atoms with Gasteiger partial charge in [-0.25, -0.2) is 9.46 Å². The van der Waals surface area contributed by atoms with Gasteiger partial charge < -0.3 is 19.1 Å². The Bertz CT molecular complexity index is 886. The van der Waals surface area contributed by atoms with Crippen LogP contribution in [0.1, 0.15) is 66.5 Å². The minimum Gasteiger partial charge on any atom is -0.352 e. The van der Waals surface area contributed by atoms with Crippen LogP contribution in [-0.4, -0.2) is 50.5 Å². The molecule has 1 aromatic rings. The van der Waals surface area contributed by atoms with Gasteiger partial charge in [-0.05, 0) is 39.2 Å². The van der Waals surface area contributed by atoms with E-state index in [1.54, 1.807) is 26.1 Å². The minimum absolute atomic E-state index is 0. The molecule has 1 unspecified atom stereocenters. The van der Waals surface area contributed by atoms with Gasteiger partial charge in [-0.3, -0.25) is 9.36 Å². The number of amides is 1. The molecule has 4 rings (SSSR count). The molecule has 1 N–H and O–H groups in total. The number of anilines is 1. The number of nitrogens with zero attached hydrogens (tertiary/aromatic N) is 3. The second-order valence-electron chi connectivity index (χ2n) is 9.32. The lowest BCUT2D eigenvalue weighted by atomic mass is 9.98. The van der Waals surface area contributed by atoms with Gasteiger partial charge in [0.2, 0.25) is 5.91 Å². The number of ether oxygens (including phenoxy) is 1. The van der Waals surface area contributed by atoms with Crippen molar-refractivity contribution in [3.05, 3.63) is 22.7 Å². The summed E-state index contributed by atoms with van der Waals surface area (Å²) in [6.07, 6.45) is 4.54. The summed E-state index contributed by atoms with van der Waals surface area (Å²) < 4.78 is 22.8. The molecular weight excluding hydrogens is 483 g/mol. The maximum atomic E-state index is 12.6. The van der Waals surface area contributed by atoms with Gasteiger partial charge >= 0.3 is 5.69 Å². The molecule has 0 spiro atoms. The van der Waals surface area contributed by atoms with Crippen LogP contribution in [0.4, 0.5) is 5.82 Å². The van der Waals surface area contributed by atoms with Crippen molar-refractivity contribution in [3.8, 4) is 0 Å². The SMILES string of the molecule is CC[C@H]1O[C@@H](n2ccc(NC(=O)C(C)C)nc2=O)CC1O[P@@]1OC(C)(C)[C@@H]2CCCN21.S.S. The Kier molecular flexibility index (Phi) is 9.84. The van der Waals surface area contributed by atoms with E-state index in [1.165, 1.54) is 11.0 Å². The lowest BCUT2D eigenvalue weighted by Gasteiger charge is -2.25. The monoisotopic (exact) mass is 520 g/mol. The van der Waals surface area contributed by atoms with E-state index in [-0.39, 0.29) is 62.4 Å². The summed E-state index contributed by atoms with van der Waals surface area (Å²) >= 11 is 0. The highest BCUT2D eigenvalue weighted by Gasteiger charge is 2.53. The number of nitrogens with one attached hydrogen (secondary N) is 1. The number of aromatic nitrogens is 2. The molecule has 1 amide bonds. The molecule has 3 saturated heterocycles. The first kappa shape index (κ1) is 28.6. The fraction of sp³-hybridized carbons (Fsp3) is 0.762. The average Bonchev–Trinajstić information content (AvgIpc) is 3.39. The number of fused-ring (bicyclic) bond motifs is 1. The van der Waals surface area contributed by atoms with Crippen molar-refractivity contribution < 1.29 is 18.6 Å². The van der Waals surface area contributed by atoms with Crippen molar-refractivity contribution in [3.63, 3.8) is 0 Å². The Morgan fingerprint density at radius 3 is 2.76 bits per heavy atom. The van der Waals surface area contributed by atoms with Gasteiger partial charge in [0.05, 0.1) is 17.8 Å². The van der Waals surface area contributed by atoms with E-state index in [9.17, 15) is 9.59 Å². The smallest absolute Gasteiger partial charge is 0.351 e. The van der Waals surface area contributed by atoms with Gasteiger partial charge in [0.1, 0.15) is 12.0 Å². The third-order valence-electron chi connectivity index (χ3n) is 6.27. The van der Waals surface area contributed by atoms with Gasteiger partial charge in [0.25, 0.3) is 8.53 Å². The van der Waals surface area contributed by atoms with Crippen LogP contribution in [0.3, 0.4) is 0 Å². The van der Waals surface area contributed by atoms with Crippen LogP contribution in [0.15, 0.2) is 17.1 Å². The molecule has 3 fully saturated rings. The molecule has 0 radical (unpaired) electrons. The molecule has 0 saturated carbocycles. The van der Waals surface area contributed by atoms with Gasteiger partial charge in [-0.2, -0.15) is 32.0 Å². The largest absolute Gasteiger partial charge is 0.352 e. The molecule has 188 valence electrons. The fourth-order valence-electron chi connectivity index (χ4n) is 4.48. The van der Waals surface area contributed by atoms with Crippen molar-refractivity contribution >= 4 is 47.2 Å². The van der Waals surface area contributed by atoms with Gasteiger partial charge in [-0.1, -0.05) is 20.8 Å². The van der Waals surface area contributed by atoms with E-state index < -0.39 is 20.4 Å². The molecule has 0 aliphatic carbocycles. The maximum absolute atomic E-state index is 12.6. The summed E-state index contributed by atoms with van der Waals surface area (Å²) in [7, 11) is -1.13. The van der Waals surface area contributed by atoms with E-state index >= 15 is 0 Å². The zero-order chi connectivity index (χ0) is 22.3. The Hall–Kier alpha value is -0.680. The first-order valence-corrected chi connectivity index (χ1v) is 12.3. The maximum Gasteiger partial charge on any atom is 0.351 e. The van der Waals surface area contributed by atoms with Crippen molar-refractivity contribution in [2.24, 2.45) is 5.92 Å². The van der Waals surface area contributed by atoms with Crippen LogP contribution in [0.25, 0.3) is 0 Å². The zero-order valence-electron chi connectivity index (χ0n) is 19.9. The van der Waals surface area contributed by atoms with Crippen molar-refractivity contribution in [2.45, 2.75) is 90.4 Å². The Morgan fingerprint density at radius 1 is 1.39 bits per heavy atom. The molecule has 12 heteroatoms. The van der Waals surface area contributed by atoms with Gasteiger partial charge in [-0.15, -0.1) is 0 Å². The first-order chi connectivity index (χ1) is 14.7. The minimum atomic E-state index is -1.13. The number of hydrogen-bond acceptors (Lipinski definition) is 7. The summed E-state index contributed by atoms with van der Waals surface area (Å²) in [5.41, 5.74) is -0.662. The molecule has 0 aromatic carbocycles. The summed E-state index contributed by atoms with van der Waals surface area (Å²) in [5.74, 6) is -0.114. The van der Waals surface area contributed by atoms with Crippen molar-refractivity contribution in [1.82, 2.24) is 14.2 Å². The molecule has 4 heterocycles. The quantitative estimate of drug-likeness (QED) is 0.572. The van der Waals surface area contributed by atoms with Crippen LogP contribution in [0, 0.1) is 5.92 Å². The molecular formula is C21H37N4O5PS2. The van der Waals surface area contributed by atoms with E-state index in [0.717, 1.165) is 19.4 Å². The topological polar surface area (TPSA) is 94.9 Å². The summed E-state index contributed by atoms with van der Waals surface area (Å²) in [6, 6.07) is 2.03. The molecule has 1 aromatic heterocycles.